The number of anilines is 1. The van der Waals surface area contributed by atoms with E-state index in [1.807, 2.05) is 6.07 Å². The van der Waals surface area contributed by atoms with E-state index < -0.39 is 0 Å². The normalized spacial score (nSPS) is 18.1. The zero-order chi connectivity index (χ0) is 17.5. The van der Waals surface area contributed by atoms with Crippen molar-refractivity contribution in [3.05, 3.63) is 59.7 Å². The molecule has 0 amide bonds. The highest BCUT2D eigenvalue weighted by Gasteiger charge is 2.18. The largest absolute Gasteiger partial charge is 0.497 e. The van der Waals surface area contributed by atoms with Gasteiger partial charge in [-0.1, -0.05) is 30.3 Å². The van der Waals surface area contributed by atoms with Gasteiger partial charge in [0.2, 0.25) is 0 Å². The first kappa shape index (κ1) is 17.8. The maximum Gasteiger partial charge on any atom is 0.119 e. The molecule has 4 heteroatoms. The van der Waals surface area contributed by atoms with E-state index in [2.05, 4.69) is 64.9 Å². The van der Waals surface area contributed by atoms with Crippen LogP contribution in [0.2, 0.25) is 0 Å². The number of benzene rings is 2. The summed E-state index contributed by atoms with van der Waals surface area (Å²) in [6, 6.07) is 17.5. The van der Waals surface area contributed by atoms with E-state index in [-0.39, 0.29) is 0 Å². The van der Waals surface area contributed by atoms with Gasteiger partial charge in [-0.2, -0.15) is 0 Å². The van der Waals surface area contributed by atoms with Gasteiger partial charge in [0.25, 0.3) is 0 Å². The van der Waals surface area contributed by atoms with Crippen molar-refractivity contribution in [2.24, 2.45) is 0 Å². The second-order valence-corrected chi connectivity index (χ2v) is 6.77. The number of piperazine rings is 1. The lowest BCUT2D eigenvalue weighted by Crippen LogP contribution is -2.50. The van der Waals surface area contributed by atoms with Crippen LogP contribution in [-0.4, -0.2) is 44.2 Å². The summed E-state index contributed by atoms with van der Waals surface area (Å²) >= 11 is 0. The Morgan fingerprint density at radius 1 is 1.20 bits per heavy atom. The van der Waals surface area contributed by atoms with Crippen LogP contribution in [0, 0.1) is 6.92 Å². The third-order valence-corrected chi connectivity index (χ3v) is 4.83. The molecule has 1 aliphatic heterocycles. The molecule has 25 heavy (non-hydrogen) atoms. The molecule has 0 radical (unpaired) electrons. The smallest absolute Gasteiger partial charge is 0.119 e. The van der Waals surface area contributed by atoms with Crippen LogP contribution in [0.3, 0.4) is 0 Å². The van der Waals surface area contributed by atoms with Crippen LogP contribution in [0.1, 0.15) is 17.5 Å². The predicted octanol–water partition coefficient (Wildman–Crippen LogP) is 3.28. The molecule has 1 heterocycles. The van der Waals surface area contributed by atoms with Gasteiger partial charge in [0.15, 0.2) is 0 Å². The number of methoxy groups -OCH3 is 1. The Bertz CT molecular complexity index is 659. The second-order valence-electron chi connectivity index (χ2n) is 6.77. The lowest BCUT2D eigenvalue weighted by atomic mass is 10.1. The summed E-state index contributed by atoms with van der Waals surface area (Å²) in [6.45, 7) is 7.44. The van der Waals surface area contributed by atoms with E-state index in [1.165, 1.54) is 16.8 Å². The molecule has 1 aliphatic rings. The minimum atomic E-state index is 0.545. The summed E-state index contributed by atoms with van der Waals surface area (Å²) < 4.78 is 5.27. The van der Waals surface area contributed by atoms with Crippen molar-refractivity contribution in [3.63, 3.8) is 0 Å². The summed E-state index contributed by atoms with van der Waals surface area (Å²) in [5.74, 6) is 0.911. The molecule has 2 N–H and O–H groups in total. The predicted molar refractivity (Wildman–Crippen MR) is 104 cm³/mol. The Balaban J connectivity index is 1.45. The van der Waals surface area contributed by atoms with Crippen LogP contribution in [0.5, 0.6) is 5.75 Å². The Morgan fingerprint density at radius 3 is 2.80 bits per heavy atom. The van der Waals surface area contributed by atoms with E-state index in [1.54, 1.807) is 7.11 Å². The Morgan fingerprint density at radius 2 is 2.04 bits per heavy atom. The van der Waals surface area contributed by atoms with E-state index in [4.69, 9.17) is 4.74 Å². The topological polar surface area (TPSA) is 36.5 Å². The first-order chi connectivity index (χ1) is 12.2. The second kappa shape index (κ2) is 8.88. The molecule has 1 atom stereocenters. The van der Waals surface area contributed by atoms with Crippen LogP contribution in [0.25, 0.3) is 0 Å². The number of nitrogens with zero attached hydrogens (tertiary/aromatic N) is 1. The summed E-state index contributed by atoms with van der Waals surface area (Å²) in [7, 11) is 1.71. The average Bonchev–Trinajstić information content (AvgIpc) is 2.64. The highest BCUT2D eigenvalue weighted by molar-refractivity contribution is 5.53. The SMILES string of the molecule is COc1ccc(NCCC2CN(Cc3ccccc3)CCN2)c(C)c1. The first-order valence-electron chi connectivity index (χ1n) is 9.13. The van der Waals surface area contributed by atoms with Crippen LogP contribution in [0.4, 0.5) is 5.69 Å². The molecule has 0 spiro atoms. The van der Waals surface area contributed by atoms with Crippen molar-refractivity contribution in [1.29, 1.82) is 0 Å². The summed E-state index contributed by atoms with van der Waals surface area (Å²) in [5.41, 5.74) is 3.81. The van der Waals surface area contributed by atoms with Crippen molar-refractivity contribution in [1.82, 2.24) is 10.2 Å². The van der Waals surface area contributed by atoms with Gasteiger partial charge in [0.1, 0.15) is 5.75 Å². The monoisotopic (exact) mass is 339 g/mol. The van der Waals surface area contributed by atoms with Gasteiger partial charge >= 0.3 is 0 Å². The van der Waals surface area contributed by atoms with E-state index in [0.29, 0.717) is 6.04 Å². The van der Waals surface area contributed by atoms with Crippen LogP contribution < -0.4 is 15.4 Å². The summed E-state index contributed by atoms with van der Waals surface area (Å²) in [4.78, 5) is 2.55. The number of hydrogen-bond acceptors (Lipinski definition) is 4. The zero-order valence-corrected chi connectivity index (χ0v) is 15.3. The molecule has 0 aromatic heterocycles. The van der Waals surface area contributed by atoms with Crippen LogP contribution in [-0.2, 0) is 6.54 Å². The lowest BCUT2D eigenvalue weighted by molar-refractivity contribution is 0.189. The molecule has 1 fully saturated rings. The molecular weight excluding hydrogens is 310 g/mol. The average molecular weight is 339 g/mol. The van der Waals surface area contributed by atoms with Crippen molar-refractivity contribution < 1.29 is 4.74 Å². The fraction of sp³-hybridized carbons (Fsp3) is 0.429. The van der Waals surface area contributed by atoms with Crippen LogP contribution in [0.15, 0.2) is 48.5 Å². The molecule has 0 aliphatic carbocycles. The maximum absolute atomic E-state index is 5.27. The molecule has 2 aromatic rings. The molecule has 1 unspecified atom stereocenters. The highest BCUT2D eigenvalue weighted by atomic mass is 16.5. The van der Waals surface area contributed by atoms with Gasteiger partial charge < -0.3 is 15.4 Å². The molecular formula is C21H29N3O. The van der Waals surface area contributed by atoms with Crippen molar-refractivity contribution in [2.75, 3.05) is 38.6 Å². The zero-order valence-electron chi connectivity index (χ0n) is 15.3. The van der Waals surface area contributed by atoms with Gasteiger partial charge in [0, 0.05) is 44.5 Å². The number of hydrogen-bond donors (Lipinski definition) is 2. The molecule has 0 bridgehead atoms. The number of aryl methyl sites for hydroxylation is 1. The fourth-order valence-electron chi connectivity index (χ4n) is 3.42. The molecule has 4 nitrogen and oxygen atoms in total. The molecule has 134 valence electrons. The summed E-state index contributed by atoms with van der Waals surface area (Å²) in [5, 5.41) is 7.21. The van der Waals surface area contributed by atoms with Gasteiger partial charge in [0.05, 0.1) is 7.11 Å². The van der Waals surface area contributed by atoms with E-state index in [9.17, 15) is 0 Å². The quantitative estimate of drug-likeness (QED) is 0.812. The summed E-state index contributed by atoms with van der Waals surface area (Å²) in [6.07, 6.45) is 1.12. The Hall–Kier alpha value is -2.04. The highest BCUT2D eigenvalue weighted by Crippen LogP contribution is 2.21. The maximum atomic E-state index is 5.27. The first-order valence-corrected chi connectivity index (χ1v) is 9.13. The minimum absolute atomic E-state index is 0.545. The standard InChI is InChI=1S/C21H29N3O/c1-17-14-20(25-2)8-9-21(17)23-11-10-19-16-24(13-12-22-19)15-18-6-4-3-5-7-18/h3-9,14,19,22-23H,10-13,15-16H2,1-2H3. The van der Waals surface area contributed by atoms with Gasteiger partial charge in [-0.15, -0.1) is 0 Å². The molecule has 3 rings (SSSR count). The lowest BCUT2D eigenvalue weighted by Gasteiger charge is -2.34. The molecule has 1 saturated heterocycles. The van der Waals surface area contributed by atoms with E-state index in [0.717, 1.165) is 44.9 Å². The van der Waals surface area contributed by atoms with Crippen molar-refractivity contribution in [3.8, 4) is 5.75 Å². The van der Waals surface area contributed by atoms with Gasteiger partial charge in [-0.05, 0) is 42.7 Å². The Labute approximate surface area is 151 Å². The third kappa shape index (κ3) is 5.21. The van der Waals surface area contributed by atoms with Crippen molar-refractivity contribution in [2.45, 2.75) is 25.9 Å². The number of ether oxygens (including phenoxy) is 1. The van der Waals surface area contributed by atoms with Crippen molar-refractivity contribution >= 4 is 5.69 Å². The number of rotatable bonds is 7. The molecule has 2 aromatic carbocycles. The van der Waals surface area contributed by atoms with Crippen LogP contribution >= 0.6 is 0 Å². The molecule has 0 saturated carbocycles. The third-order valence-electron chi connectivity index (χ3n) is 4.83. The number of nitrogens with one attached hydrogen (secondary N) is 2. The van der Waals surface area contributed by atoms with E-state index >= 15 is 0 Å². The fourth-order valence-corrected chi connectivity index (χ4v) is 3.42. The van der Waals surface area contributed by atoms with Gasteiger partial charge in [-0.25, -0.2) is 0 Å². The van der Waals surface area contributed by atoms with Gasteiger partial charge in [-0.3, -0.25) is 4.90 Å². The minimum Gasteiger partial charge on any atom is -0.497 e. The Kier molecular flexibility index (Phi) is 6.31.